The first-order valence-corrected chi connectivity index (χ1v) is 7.26. The van der Waals surface area contributed by atoms with Crippen LogP contribution in [0.15, 0.2) is 36.4 Å². The number of hydrogen-bond donors (Lipinski definition) is 1. The van der Waals surface area contributed by atoms with Crippen LogP contribution in [-0.4, -0.2) is 6.04 Å². The maximum atomic E-state index is 13.7. The number of nitrogens with two attached hydrogens (primary N) is 1. The zero-order valence-electron chi connectivity index (χ0n) is 12.2. The van der Waals surface area contributed by atoms with Gasteiger partial charge in [-0.1, -0.05) is 29.8 Å². The highest BCUT2D eigenvalue weighted by Gasteiger charge is 2.11. The van der Waals surface area contributed by atoms with E-state index in [1.54, 1.807) is 6.07 Å². The fraction of sp³-hybridized carbons (Fsp3) is 0.294. The molecule has 1 atom stereocenters. The molecule has 0 aromatic heterocycles. The van der Waals surface area contributed by atoms with Gasteiger partial charge in [-0.05, 0) is 49.6 Å². The molecule has 0 saturated heterocycles. The topological polar surface area (TPSA) is 35.2 Å². The molecule has 0 heterocycles. The Kier molecular flexibility index (Phi) is 5.21. The van der Waals surface area contributed by atoms with Gasteiger partial charge in [-0.25, -0.2) is 4.39 Å². The minimum Gasteiger partial charge on any atom is -0.488 e. The van der Waals surface area contributed by atoms with Crippen molar-refractivity contribution in [2.24, 2.45) is 5.73 Å². The molecule has 112 valence electrons. The lowest BCUT2D eigenvalue weighted by Gasteiger charge is -2.16. The van der Waals surface area contributed by atoms with E-state index in [0.717, 1.165) is 23.3 Å². The Morgan fingerprint density at radius 2 is 2.00 bits per heavy atom. The molecule has 0 amide bonds. The summed E-state index contributed by atoms with van der Waals surface area (Å²) in [5.41, 5.74) is 8.35. The molecule has 0 saturated carbocycles. The van der Waals surface area contributed by atoms with Crippen LogP contribution >= 0.6 is 11.6 Å². The Balaban J connectivity index is 2.21. The summed E-state index contributed by atoms with van der Waals surface area (Å²) in [5, 5.41) is 0.496. The summed E-state index contributed by atoms with van der Waals surface area (Å²) in [6.07, 6.45) is 0.717. The Morgan fingerprint density at radius 3 is 2.71 bits per heavy atom. The molecule has 21 heavy (non-hydrogen) atoms. The lowest BCUT2D eigenvalue weighted by molar-refractivity contribution is 0.294. The molecule has 0 spiro atoms. The van der Waals surface area contributed by atoms with E-state index in [1.807, 2.05) is 32.0 Å². The number of hydrogen-bond acceptors (Lipinski definition) is 2. The second-order valence-corrected chi connectivity index (χ2v) is 5.71. The first-order valence-electron chi connectivity index (χ1n) is 6.88. The third-order valence-electron chi connectivity index (χ3n) is 3.22. The molecular weight excluding hydrogens is 289 g/mol. The van der Waals surface area contributed by atoms with Gasteiger partial charge in [-0.3, -0.25) is 0 Å². The molecule has 1 unspecified atom stereocenters. The van der Waals surface area contributed by atoms with Crippen LogP contribution in [0.25, 0.3) is 0 Å². The summed E-state index contributed by atoms with van der Waals surface area (Å²) in [5.74, 6) is 0.455. The van der Waals surface area contributed by atoms with Crippen molar-refractivity contribution in [3.05, 3.63) is 63.9 Å². The predicted octanol–water partition coefficient (Wildman–Crippen LogP) is 4.26. The molecule has 2 nitrogen and oxygen atoms in total. The van der Waals surface area contributed by atoms with Crippen LogP contribution in [0.2, 0.25) is 5.02 Å². The highest BCUT2D eigenvalue weighted by atomic mass is 35.5. The second kappa shape index (κ2) is 6.92. The van der Waals surface area contributed by atoms with E-state index in [-0.39, 0.29) is 18.5 Å². The summed E-state index contributed by atoms with van der Waals surface area (Å²) in [6.45, 7) is 4.06. The van der Waals surface area contributed by atoms with Crippen molar-refractivity contribution >= 4 is 11.6 Å². The van der Waals surface area contributed by atoms with Crippen molar-refractivity contribution in [1.82, 2.24) is 0 Å². The van der Waals surface area contributed by atoms with Crippen molar-refractivity contribution in [3.63, 3.8) is 0 Å². The van der Waals surface area contributed by atoms with Crippen LogP contribution in [0, 0.1) is 12.7 Å². The monoisotopic (exact) mass is 307 g/mol. The summed E-state index contributed by atoms with van der Waals surface area (Å²) in [7, 11) is 0. The molecule has 2 aromatic carbocycles. The number of para-hydroxylation sites is 1. The van der Waals surface area contributed by atoms with Gasteiger partial charge in [0.05, 0.1) is 0 Å². The highest BCUT2D eigenvalue weighted by Crippen LogP contribution is 2.26. The molecule has 2 aromatic rings. The van der Waals surface area contributed by atoms with Crippen LogP contribution in [0.3, 0.4) is 0 Å². The third-order valence-corrected chi connectivity index (χ3v) is 3.45. The van der Waals surface area contributed by atoms with Gasteiger partial charge in [0.2, 0.25) is 0 Å². The molecule has 0 aliphatic carbocycles. The van der Waals surface area contributed by atoms with Crippen molar-refractivity contribution < 1.29 is 9.13 Å². The number of ether oxygens (including phenoxy) is 1. The van der Waals surface area contributed by atoms with Gasteiger partial charge in [0.1, 0.15) is 18.2 Å². The maximum absolute atomic E-state index is 13.7. The molecule has 0 fully saturated rings. The summed E-state index contributed by atoms with van der Waals surface area (Å²) >= 11 is 5.89. The van der Waals surface area contributed by atoms with E-state index < -0.39 is 0 Å². The molecular formula is C17H19ClFNO. The molecule has 2 N–H and O–H groups in total. The van der Waals surface area contributed by atoms with Crippen molar-refractivity contribution in [1.29, 1.82) is 0 Å². The maximum Gasteiger partial charge on any atom is 0.129 e. The summed E-state index contributed by atoms with van der Waals surface area (Å²) in [6, 6.07) is 10.4. The highest BCUT2D eigenvalue weighted by molar-refractivity contribution is 6.30. The zero-order chi connectivity index (χ0) is 15.4. The Hall–Kier alpha value is -1.58. The van der Waals surface area contributed by atoms with Crippen LogP contribution in [0.4, 0.5) is 4.39 Å². The van der Waals surface area contributed by atoms with Gasteiger partial charge in [-0.15, -0.1) is 0 Å². The second-order valence-electron chi connectivity index (χ2n) is 5.27. The fourth-order valence-corrected chi connectivity index (χ4v) is 2.43. The minimum absolute atomic E-state index is 0.0389. The normalized spacial score (nSPS) is 12.2. The van der Waals surface area contributed by atoms with E-state index in [4.69, 9.17) is 22.1 Å². The van der Waals surface area contributed by atoms with Crippen LogP contribution in [-0.2, 0) is 13.0 Å². The van der Waals surface area contributed by atoms with Gasteiger partial charge >= 0.3 is 0 Å². The number of halogens is 2. The first-order chi connectivity index (χ1) is 9.97. The average molecular weight is 308 g/mol. The quantitative estimate of drug-likeness (QED) is 0.896. The third kappa shape index (κ3) is 4.19. The number of rotatable bonds is 5. The SMILES string of the molecule is Cc1cccc(CC(C)N)c1OCc1cc(Cl)ccc1F. The Labute approximate surface area is 129 Å². The Morgan fingerprint density at radius 1 is 1.24 bits per heavy atom. The van der Waals surface area contributed by atoms with Gasteiger partial charge in [0.25, 0.3) is 0 Å². The van der Waals surface area contributed by atoms with E-state index in [0.29, 0.717) is 10.6 Å². The fourth-order valence-electron chi connectivity index (χ4n) is 2.23. The molecule has 0 bridgehead atoms. The molecule has 2 rings (SSSR count). The van der Waals surface area contributed by atoms with Gasteiger partial charge in [-0.2, -0.15) is 0 Å². The number of aryl methyl sites for hydroxylation is 1. The number of benzene rings is 2. The van der Waals surface area contributed by atoms with Crippen LogP contribution in [0.5, 0.6) is 5.75 Å². The first kappa shape index (κ1) is 15.8. The van der Waals surface area contributed by atoms with Crippen LogP contribution in [0.1, 0.15) is 23.6 Å². The van der Waals surface area contributed by atoms with Crippen molar-refractivity contribution in [2.45, 2.75) is 32.9 Å². The van der Waals surface area contributed by atoms with E-state index >= 15 is 0 Å². The largest absolute Gasteiger partial charge is 0.488 e. The van der Waals surface area contributed by atoms with E-state index in [1.165, 1.54) is 12.1 Å². The zero-order valence-corrected chi connectivity index (χ0v) is 13.0. The standard InChI is InChI=1S/C17H19ClFNO/c1-11-4-3-5-13(8-12(2)20)17(11)21-10-14-9-15(18)6-7-16(14)19/h3-7,9,12H,8,10,20H2,1-2H3. The predicted molar refractivity (Wildman–Crippen MR) is 84.3 cm³/mol. The average Bonchev–Trinajstić information content (AvgIpc) is 2.41. The van der Waals surface area contributed by atoms with Gasteiger partial charge < -0.3 is 10.5 Å². The molecule has 0 aliphatic heterocycles. The lowest BCUT2D eigenvalue weighted by atomic mass is 10.0. The lowest BCUT2D eigenvalue weighted by Crippen LogP contribution is -2.18. The van der Waals surface area contributed by atoms with E-state index in [2.05, 4.69) is 0 Å². The smallest absolute Gasteiger partial charge is 0.129 e. The molecule has 4 heteroatoms. The summed E-state index contributed by atoms with van der Waals surface area (Å²) in [4.78, 5) is 0. The van der Waals surface area contributed by atoms with Crippen molar-refractivity contribution in [2.75, 3.05) is 0 Å². The molecule has 0 radical (unpaired) electrons. The molecule has 0 aliphatic rings. The van der Waals surface area contributed by atoms with Gasteiger partial charge in [0, 0.05) is 16.6 Å². The van der Waals surface area contributed by atoms with Crippen LogP contribution < -0.4 is 10.5 Å². The van der Waals surface area contributed by atoms with Gasteiger partial charge in [0.15, 0.2) is 0 Å². The Bertz CT molecular complexity index is 628. The van der Waals surface area contributed by atoms with E-state index in [9.17, 15) is 4.39 Å². The summed E-state index contributed by atoms with van der Waals surface area (Å²) < 4.78 is 19.6. The van der Waals surface area contributed by atoms with Crippen molar-refractivity contribution in [3.8, 4) is 5.75 Å². The minimum atomic E-state index is -0.318.